The van der Waals surface area contributed by atoms with Gasteiger partial charge in [0.15, 0.2) is 0 Å². The Kier molecular flexibility index (Phi) is 6.56. The number of nitrogens with zero attached hydrogens (tertiary/aromatic N) is 5. The Bertz CT molecular complexity index is 2970. The average Bonchev–Trinajstić information content (AvgIpc) is 3.70. The van der Waals surface area contributed by atoms with Gasteiger partial charge in [0.2, 0.25) is 0 Å². The molecule has 0 amide bonds. The quantitative estimate of drug-likeness (QED) is 0.193. The van der Waals surface area contributed by atoms with Crippen LogP contribution >= 0.6 is 0 Å². The van der Waals surface area contributed by atoms with Gasteiger partial charge in [0, 0.05) is 32.8 Å². The fourth-order valence-corrected chi connectivity index (χ4v) is 7.42. The number of nitriles is 3. The molecule has 0 fully saturated rings. The van der Waals surface area contributed by atoms with Crippen LogP contribution in [0.2, 0.25) is 0 Å². The van der Waals surface area contributed by atoms with E-state index < -0.39 is 0 Å². The smallest absolute Gasteiger partial charge is 0.0998 e. The third kappa shape index (κ3) is 4.38. The monoisotopic (exact) mass is 635 g/mol. The molecule has 2 heterocycles. The third-order valence-corrected chi connectivity index (χ3v) is 9.60. The molecular formula is C45H25N5. The fraction of sp³-hybridized carbons (Fsp3) is 0. The first kappa shape index (κ1) is 28.8. The van der Waals surface area contributed by atoms with Crippen LogP contribution in [0.25, 0.3) is 77.2 Å². The Morgan fingerprint density at radius 3 is 1.82 bits per heavy atom. The van der Waals surface area contributed by atoms with Crippen LogP contribution < -0.4 is 0 Å². The first-order valence-electron chi connectivity index (χ1n) is 16.3. The predicted octanol–water partition coefficient (Wildman–Crippen LogP) is 10.8. The van der Waals surface area contributed by atoms with Crippen LogP contribution in [-0.4, -0.2) is 9.13 Å². The summed E-state index contributed by atoms with van der Waals surface area (Å²) in [6.45, 7) is 0. The van der Waals surface area contributed by atoms with Crippen LogP contribution in [0.3, 0.4) is 0 Å². The number of aromatic nitrogens is 2. The molecular weight excluding hydrogens is 611 g/mol. The zero-order valence-electron chi connectivity index (χ0n) is 26.7. The number of benzene rings is 7. The van der Waals surface area contributed by atoms with Crippen molar-refractivity contribution in [1.29, 1.82) is 15.8 Å². The largest absolute Gasteiger partial charge is 0.309 e. The molecule has 0 spiro atoms. The van der Waals surface area contributed by atoms with Crippen molar-refractivity contribution in [2.45, 2.75) is 0 Å². The molecule has 9 rings (SSSR count). The highest BCUT2D eigenvalue weighted by Gasteiger charge is 2.19. The summed E-state index contributed by atoms with van der Waals surface area (Å²) in [5.41, 5.74) is 11.8. The summed E-state index contributed by atoms with van der Waals surface area (Å²) in [6.07, 6.45) is 0. The van der Waals surface area contributed by atoms with E-state index in [0.29, 0.717) is 16.7 Å². The molecule has 0 aliphatic heterocycles. The minimum atomic E-state index is 0.570. The first-order chi connectivity index (χ1) is 24.7. The lowest BCUT2D eigenvalue weighted by Gasteiger charge is -2.16. The molecule has 0 atom stereocenters. The molecule has 0 unspecified atom stereocenters. The lowest BCUT2D eigenvalue weighted by molar-refractivity contribution is 1.18. The van der Waals surface area contributed by atoms with E-state index in [1.54, 1.807) is 0 Å². The standard InChI is InChI=1S/C45H25N5/c46-26-29-18-20-42(50-41-16-4-2-14-37(41)45-34(28-48)11-7-17-44(45)50)38(22-29)33-10-5-8-31(24-33)32-9-6-12-35(25-32)49-40-15-3-1-13-36(40)39-23-30(27-47)19-21-43(39)49/h1-25H. The van der Waals surface area contributed by atoms with Crippen LogP contribution in [0.15, 0.2) is 152 Å². The minimum absolute atomic E-state index is 0.570. The van der Waals surface area contributed by atoms with E-state index >= 15 is 0 Å². The SMILES string of the molecule is N#Cc1ccc(-n2c3ccccc3c3c(C#N)cccc32)c(-c2cccc(-c3cccc(-n4c5ccccc5c5cc(C#N)ccc54)c3)c2)c1. The Morgan fingerprint density at radius 2 is 1.02 bits per heavy atom. The number of hydrogen-bond acceptors (Lipinski definition) is 3. The Hall–Kier alpha value is -7.39. The van der Waals surface area contributed by atoms with Gasteiger partial charge in [-0.1, -0.05) is 72.8 Å². The van der Waals surface area contributed by atoms with Crippen molar-refractivity contribution in [3.63, 3.8) is 0 Å². The number of fused-ring (bicyclic) bond motifs is 6. The van der Waals surface area contributed by atoms with Crippen molar-refractivity contribution >= 4 is 43.6 Å². The van der Waals surface area contributed by atoms with Gasteiger partial charge >= 0.3 is 0 Å². The van der Waals surface area contributed by atoms with Crippen LogP contribution in [0.1, 0.15) is 16.7 Å². The van der Waals surface area contributed by atoms with E-state index in [-0.39, 0.29) is 0 Å². The summed E-state index contributed by atoms with van der Waals surface area (Å²) < 4.78 is 4.46. The highest BCUT2D eigenvalue weighted by Crippen LogP contribution is 2.39. The zero-order chi connectivity index (χ0) is 33.8. The molecule has 5 heteroatoms. The van der Waals surface area contributed by atoms with Gasteiger partial charge in [-0.3, -0.25) is 0 Å². The topological polar surface area (TPSA) is 81.2 Å². The van der Waals surface area contributed by atoms with Gasteiger partial charge in [-0.15, -0.1) is 0 Å². The molecule has 0 radical (unpaired) electrons. The second kappa shape index (κ2) is 11.4. The average molecular weight is 636 g/mol. The number of rotatable bonds is 4. The second-order valence-electron chi connectivity index (χ2n) is 12.3. The molecule has 2 aromatic heterocycles. The summed E-state index contributed by atoms with van der Waals surface area (Å²) in [5.74, 6) is 0. The lowest BCUT2D eigenvalue weighted by Crippen LogP contribution is -1.98. The summed E-state index contributed by atoms with van der Waals surface area (Å²) in [5, 5.41) is 33.6. The van der Waals surface area contributed by atoms with E-state index in [2.05, 4.69) is 106 Å². The lowest BCUT2D eigenvalue weighted by atomic mass is 9.96. The highest BCUT2D eigenvalue weighted by molar-refractivity contribution is 6.12. The summed E-state index contributed by atoms with van der Waals surface area (Å²) in [6, 6.07) is 57.9. The minimum Gasteiger partial charge on any atom is -0.309 e. The second-order valence-corrected chi connectivity index (χ2v) is 12.3. The van der Waals surface area contributed by atoms with Crippen molar-refractivity contribution in [3.8, 4) is 51.8 Å². The van der Waals surface area contributed by atoms with Gasteiger partial charge in [0.25, 0.3) is 0 Å². The molecule has 0 N–H and O–H groups in total. The maximum absolute atomic E-state index is 10.0. The van der Waals surface area contributed by atoms with Gasteiger partial charge in [0.05, 0.1) is 62.7 Å². The Balaban J connectivity index is 1.23. The van der Waals surface area contributed by atoms with E-state index in [1.165, 1.54) is 0 Å². The van der Waals surface area contributed by atoms with Crippen LogP contribution in [0, 0.1) is 34.0 Å². The number of hydrogen-bond donors (Lipinski definition) is 0. The molecule has 0 saturated carbocycles. The van der Waals surface area contributed by atoms with E-state index in [0.717, 1.165) is 77.2 Å². The maximum Gasteiger partial charge on any atom is 0.0998 e. The maximum atomic E-state index is 10.0. The van der Waals surface area contributed by atoms with Crippen molar-refractivity contribution in [1.82, 2.24) is 9.13 Å². The molecule has 50 heavy (non-hydrogen) atoms. The van der Waals surface area contributed by atoms with Gasteiger partial charge in [-0.2, -0.15) is 15.8 Å². The molecule has 0 aliphatic rings. The molecule has 0 bridgehead atoms. The van der Waals surface area contributed by atoms with Crippen molar-refractivity contribution < 1.29 is 0 Å². The fourth-order valence-electron chi connectivity index (χ4n) is 7.42. The molecule has 9 aromatic rings. The summed E-state index contributed by atoms with van der Waals surface area (Å²) in [4.78, 5) is 0. The van der Waals surface area contributed by atoms with Crippen molar-refractivity contribution in [3.05, 3.63) is 168 Å². The Morgan fingerprint density at radius 1 is 0.400 bits per heavy atom. The summed E-state index contributed by atoms with van der Waals surface area (Å²) in [7, 11) is 0. The van der Waals surface area contributed by atoms with Crippen molar-refractivity contribution in [2.24, 2.45) is 0 Å². The van der Waals surface area contributed by atoms with Crippen LogP contribution in [0.5, 0.6) is 0 Å². The van der Waals surface area contributed by atoms with Crippen molar-refractivity contribution in [2.75, 3.05) is 0 Å². The van der Waals surface area contributed by atoms with Gasteiger partial charge < -0.3 is 9.13 Å². The predicted molar refractivity (Wildman–Crippen MR) is 200 cm³/mol. The number of para-hydroxylation sites is 2. The van der Waals surface area contributed by atoms with Gasteiger partial charge in [-0.05, 0) is 95.6 Å². The third-order valence-electron chi connectivity index (χ3n) is 9.60. The van der Waals surface area contributed by atoms with E-state index in [4.69, 9.17) is 0 Å². The van der Waals surface area contributed by atoms with E-state index in [1.807, 2.05) is 72.8 Å². The zero-order valence-corrected chi connectivity index (χ0v) is 26.7. The van der Waals surface area contributed by atoms with Crippen LogP contribution in [0.4, 0.5) is 0 Å². The molecule has 5 nitrogen and oxygen atoms in total. The molecule has 230 valence electrons. The van der Waals surface area contributed by atoms with Gasteiger partial charge in [0.1, 0.15) is 0 Å². The normalized spacial score (nSPS) is 11.1. The highest BCUT2D eigenvalue weighted by atomic mass is 15.0. The Labute approximate surface area is 287 Å². The summed E-state index contributed by atoms with van der Waals surface area (Å²) >= 11 is 0. The molecule has 0 saturated heterocycles. The van der Waals surface area contributed by atoms with Crippen LogP contribution in [-0.2, 0) is 0 Å². The van der Waals surface area contributed by atoms with E-state index in [9.17, 15) is 15.8 Å². The molecule has 0 aliphatic carbocycles. The molecule has 7 aromatic carbocycles. The first-order valence-corrected chi connectivity index (χ1v) is 16.3. The van der Waals surface area contributed by atoms with Gasteiger partial charge in [-0.25, -0.2) is 0 Å².